The van der Waals surface area contributed by atoms with E-state index in [9.17, 15) is 9.59 Å². The Hall–Kier alpha value is -3.77. The van der Waals surface area contributed by atoms with Crippen molar-refractivity contribution in [2.24, 2.45) is 10.8 Å². The summed E-state index contributed by atoms with van der Waals surface area (Å²) in [4.78, 5) is 32.1. The summed E-state index contributed by atoms with van der Waals surface area (Å²) < 4.78 is 17.1. The molecule has 3 aliphatic rings. The van der Waals surface area contributed by atoms with Crippen LogP contribution in [0.3, 0.4) is 0 Å². The minimum absolute atomic E-state index is 0.270. The highest BCUT2D eigenvalue weighted by molar-refractivity contribution is 6.01. The molecule has 41 heavy (non-hydrogen) atoms. The van der Waals surface area contributed by atoms with Crippen molar-refractivity contribution < 1.29 is 14.0 Å². The van der Waals surface area contributed by atoms with Crippen LogP contribution in [-0.4, -0.2) is 83.0 Å². The normalized spacial score (nSPS) is 24.2. The molecule has 0 radical (unpaired) electrons. The third kappa shape index (κ3) is 6.76. The molecule has 1 aromatic heterocycles. The average Bonchev–Trinajstić information content (AvgIpc) is 3.48. The molecule has 12 heteroatoms. The van der Waals surface area contributed by atoms with Gasteiger partial charge >= 0.3 is 0 Å². The number of piperazine rings is 1. The Morgan fingerprint density at radius 2 is 1.93 bits per heavy atom. The largest absolute Gasteiger partial charge is 0.374 e. The Kier molecular flexibility index (Phi) is 8.99. The van der Waals surface area contributed by atoms with Gasteiger partial charge in [-0.25, -0.2) is 10.2 Å². The van der Waals surface area contributed by atoms with Crippen molar-refractivity contribution in [3.63, 3.8) is 0 Å². The highest BCUT2D eigenvalue weighted by atomic mass is 19.1. The molecule has 5 rings (SSSR count). The van der Waals surface area contributed by atoms with E-state index in [2.05, 4.69) is 41.9 Å². The van der Waals surface area contributed by atoms with Crippen LogP contribution in [0.5, 0.6) is 0 Å². The van der Waals surface area contributed by atoms with Crippen LogP contribution in [-0.2, 0) is 9.59 Å². The van der Waals surface area contributed by atoms with Crippen LogP contribution in [0.15, 0.2) is 41.8 Å². The van der Waals surface area contributed by atoms with E-state index in [-0.39, 0.29) is 24.1 Å². The smallest absolute Gasteiger partial charge is 0.249 e. The number of benzene rings is 1. The van der Waals surface area contributed by atoms with Crippen molar-refractivity contribution in [2.45, 2.75) is 63.6 Å². The number of hydrogen-bond acceptors (Lipinski definition) is 9. The summed E-state index contributed by atoms with van der Waals surface area (Å²) >= 11 is 0. The molecular weight excluding hydrogens is 525 g/mol. The van der Waals surface area contributed by atoms with Gasteiger partial charge in [0.1, 0.15) is 11.9 Å². The fourth-order valence-corrected chi connectivity index (χ4v) is 6.03. The van der Waals surface area contributed by atoms with E-state index in [0.29, 0.717) is 42.1 Å². The number of carbonyl (C=O) groups excluding carboxylic acids is 2. The number of hydrogen-bond donors (Lipinski definition) is 3. The maximum absolute atomic E-state index is 15.1. The van der Waals surface area contributed by atoms with Crippen LogP contribution >= 0.6 is 0 Å². The summed E-state index contributed by atoms with van der Waals surface area (Å²) in [6.07, 6.45) is 10.6. The van der Waals surface area contributed by atoms with Crippen molar-refractivity contribution in [2.75, 3.05) is 42.9 Å². The minimum atomic E-state index is -0.534. The summed E-state index contributed by atoms with van der Waals surface area (Å²) in [5, 5.41) is 11.6. The third-order valence-corrected chi connectivity index (χ3v) is 8.46. The number of amides is 2. The standard InChI is InChI=1S/C29H40FN9O2/c1-3-38(31)19-26(32-2)20-17-33-39(18-20)23-7-5-22(6-8-23)36-12-14-37(15-13-36)27-10-4-21(16-24(27)30)34-25-9-11-28(40)35-29(25)41/h4,10,16-19,22-23,25,34H,2-3,5-9,11-15,31H2,1H3,(H,35,40,41)/b26-19-. The van der Waals surface area contributed by atoms with Crippen LogP contribution in [0.1, 0.15) is 57.1 Å². The Morgan fingerprint density at radius 3 is 2.59 bits per heavy atom. The highest BCUT2D eigenvalue weighted by Crippen LogP contribution is 2.33. The van der Waals surface area contributed by atoms with E-state index in [1.165, 1.54) is 6.07 Å². The summed E-state index contributed by atoms with van der Waals surface area (Å²) in [6.45, 7) is 9.63. The van der Waals surface area contributed by atoms with Gasteiger partial charge in [-0.1, -0.05) is 0 Å². The number of imide groups is 1. The van der Waals surface area contributed by atoms with Crippen molar-refractivity contribution in [1.82, 2.24) is 25.0 Å². The third-order valence-electron chi connectivity index (χ3n) is 8.46. The molecule has 2 saturated heterocycles. The van der Waals surface area contributed by atoms with Crippen LogP contribution < -0.4 is 21.4 Å². The van der Waals surface area contributed by atoms with Gasteiger partial charge in [-0.05, 0) is 63.9 Å². The van der Waals surface area contributed by atoms with Crippen molar-refractivity contribution in [1.29, 1.82) is 0 Å². The van der Waals surface area contributed by atoms with Gasteiger partial charge in [-0.2, -0.15) is 5.10 Å². The number of carbonyl (C=O) groups is 2. The Morgan fingerprint density at radius 1 is 1.20 bits per heavy atom. The Bertz CT molecular complexity index is 1280. The lowest BCUT2D eigenvalue weighted by Gasteiger charge is -2.42. The fraction of sp³-hybridized carbons (Fsp3) is 0.517. The summed E-state index contributed by atoms with van der Waals surface area (Å²) in [7, 11) is 0. The summed E-state index contributed by atoms with van der Waals surface area (Å²) in [5.41, 5.74) is 2.74. The first-order valence-electron chi connectivity index (χ1n) is 14.5. The second-order valence-electron chi connectivity index (χ2n) is 11.0. The zero-order valence-electron chi connectivity index (χ0n) is 23.6. The fourth-order valence-electron chi connectivity index (χ4n) is 6.03. The molecule has 0 bridgehead atoms. The van der Waals surface area contributed by atoms with Gasteiger partial charge < -0.3 is 15.2 Å². The number of nitrogens with two attached hydrogens (primary N) is 1. The second-order valence-corrected chi connectivity index (χ2v) is 11.0. The molecule has 1 aliphatic carbocycles. The molecule has 2 amide bonds. The molecule has 1 atom stereocenters. The number of hydrazine groups is 1. The van der Waals surface area contributed by atoms with E-state index in [1.807, 2.05) is 19.3 Å². The van der Waals surface area contributed by atoms with E-state index >= 15 is 4.39 Å². The number of halogens is 1. The van der Waals surface area contributed by atoms with Gasteiger partial charge in [-0.15, -0.1) is 0 Å². The minimum Gasteiger partial charge on any atom is -0.374 e. The van der Waals surface area contributed by atoms with Gasteiger partial charge in [0, 0.05) is 68.8 Å². The second kappa shape index (κ2) is 12.8. The van der Waals surface area contributed by atoms with Gasteiger partial charge in [0.25, 0.3) is 0 Å². The quantitative estimate of drug-likeness (QED) is 0.184. The molecule has 11 nitrogen and oxygen atoms in total. The first kappa shape index (κ1) is 28.7. The number of anilines is 2. The molecule has 3 fully saturated rings. The maximum Gasteiger partial charge on any atom is 0.249 e. The van der Waals surface area contributed by atoms with Gasteiger partial charge in [-0.3, -0.25) is 29.5 Å². The van der Waals surface area contributed by atoms with Gasteiger partial charge in [0.15, 0.2) is 0 Å². The van der Waals surface area contributed by atoms with E-state index < -0.39 is 6.04 Å². The SMILES string of the molecule is C=N/C(=C\N(N)CC)c1cnn(C2CCC(N3CCN(c4ccc(NC5CCC(=O)NC5=O)cc4F)CC3)CC2)c1. The lowest BCUT2D eigenvalue weighted by molar-refractivity contribution is -0.133. The van der Waals surface area contributed by atoms with E-state index in [0.717, 1.165) is 57.4 Å². The molecule has 2 aromatic rings. The molecule has 4 N–H and O–H groups in total. The lowest BCUT2D eigenvalue weighted by atomic mass is 9.90. The van der Waals surface area contributed by atoms with Gasteiger partial charge in [0.2, 0.25) is 11.8 Å². The number of aromatic nitrogens is 2. The molecule has 220 valence electrons. The molecule has 0 spiro atoms. The summed E-state index contributed by atoms with van der Waals surface area (Å²) in [6, 6.07) is 5.36. The lowest BCUT2D eigenvalue weighted by Crippen LogP contribution is -2.51. The molecule has 2 aliphatic heterocycles. The molecular formula is C29H40FN9O2. The van der Waals surface area contributed by atoms with Crippen molar-refractivity contribution in [3.8, 4) is 0 Å². The number of piperidine rings is 1. The van der Waals surface area contributed by atoms with Crippen molar-refractivity contribution in [3.05, 3.63) is 48.2 Å². The first-order chi connectivity index (χ1) is 19.8. The highest BCUT2D eigenvalue weighted by Gasteiger charge is 2.30. The molecule has 1 aromatic carbocycles. The number of nitrogens with one attached hydrogen (secondary N) is 2. The van der Waals surface area contributed by atoms with Crippen LogP contribution in [0.4, 0.5) is 15.8 Å². The molecule has 3 heterocycles. The topological polar surface area (TPSA) is 124 Å². The first-order valence-corrected chi connectivity index (χ1v) is 14.5. The summed E-state index contributed by atoms with van der Waals surface area (Å²) in [5.74, 6) is 4.96. The van der Waals surface area contributed by atoms with E-state index in [1.54, 1.807) is 23.3 Å². The van der Waals surface area contributed by atoms with Crippen LogP contribution in [0.2, 0.25) is 0 Å². The van der Waals surface area contributed by atoms with Crippen LogP contribution in [0, 0.1) is 5.82 Å². The van der Waals surface area contributed by atoms with E-state index in [4.69, 9.17) is 5.84 Å². The predicted octanol–water partition coefficient (Wildman–Crippen LogP) is 2.74. The van der Waals surface area contributed by atoms with Crippen LogP contribution in [0.25, 0.3) is 5.70 Å². The zero-order chi connectivity index (χ0) is 28.9. The zero-order valence-corrected chi connectivity index (χ0v) is 23.6. The number of rotatable bonds is 9. The molecule has 1 unspecified atom stereocenters. The average molecular weight is 566 g/mol. The Labute approximate surface area is 240 Å². The monoisotopic (exact) mass is 565 g/mol. The number of nitrogens with zero attached hydrogens (tertiary/aromatic N) is 6. The maximum atomic E-state index is 15.1. The van der Waals surface area contributed by atoms with Crippen molar-refractivity contribution >= 4 is 35.6 Å². The van der Waals surface area contributed by atoms with Gasteiger partial charge in [0.05, 0.1) is 23.6 Å². The predicted molar refractivity (Wildman–Crippen MR) is 158 cm³/mol. The Balaban J connectivity index is 1.10. The molecule has 1 saturated carbocycles. The number of aliphatic imine (C=N–C) groups is 1.